The Balaban J connectivity index is 1.82. The van der Waals surface area contributed by atoms with Gasteiger partial charge in [0.2, 0.25) is 0 Å². The maximum atomic E-state index is 13.2. The number of fused-ring (bicyclic) bond motifs is 2. The number of rotatable bonds is 4. The first-order valence-electron chi connectivity index (χ1n) is 14.3. The van der Waals surface area contributed by atoms with E-state index in [0.717, 1.165) is 44.9 Å². The van der Waals surface area contributed by atoms with Crippen LogP contribution in [-0.2, 0) is 14.4 Å². The van der Waals surface area contributed by atoms with Crippen molar-refractivity contribution in [1.82, 2.24) is 0 Å². The second-order valence-corrected chi connectivity index (χ2v) is 15.3. The first kappa shape index (κ1) is 28.1. The molecule has 4 rings (SSSR count). The number of ketones is 2. The average Bonchev–Trinajstić information content (AvgIpc) is 2.78. The number of carboxylic acid groups (broad SMARTS) is 1. The minimum atomic E-state index is -0.662. The lowest BCUT2D eigenvalue weighted by molar-refractivity contribution is -0.188. The molecule has 0 saturated heterocycles. The van der Waals surface area contributed by atoms with Gasteiger partial charge in [-0.1, -0.05) is 54.5 Å². The molecule has 0 amide bonds. The normalized spacial score (nSPS) is 44.6. The van der Waals surface area contributed by atoms with Crippen LogP contribution in [0.25, 0.3) is 0 Å². The molecule has 4 aliphatic carbocycles. The van der Waals surface area contributed by atoms with Crippen molar-refractivity contribution in [3.8, 4) is 6.07 Å². The van der Waals surface area contributed by atoms with Crippen molar-refractivity contribution in [2.75, 3.05) is 0 Å². The van der Waals surface area contributed by atoms with Gasteiger partial charge in [-0.05, 0) is 97.7 Å². The smallest absolute Gasteiger partial charge is 0.309 e. The standard InChI is InChI=1S/C32H47NO4/c1-20(34)15-24-30(7)16-21(19-33)25(35)28(4,5)23(30)9-10-31(24,8)29(6)12-14-32(26(36)37)13-11-27(2,3)17-22(32)18-29/h16,22-24H,9-15,17-18H2,1-8H3,(H,36,37)/t22?,23-,24+,29+,30-,31+,32-/m0/s1. The molecule has 5 nitrogen and oxygen atoms in total. The summed E-state index contributed by atoms with van der Waals surface area (Å²) in [6.07, 6.45) is 9.09. The molecular formula is C32H47NO4. The zero-order valence-electron chi connectivity index (χ0n) is 24.3. The number of carboxylic acids is 1. The third-order valence-corrected chi connectivity index (χ3v) is 12.4. The van der Waals surface area contributed by atoms with Crippen LogP contribution in [0.5, 0.6) is 0 Å². The molecule has 0 aromatic rings. The minimum absolute atomic E-state index is 0.0223. The number of Topliss-reactive ketones (excluding diaryl/α,β-unsaturated/α-hetero) is 2. The highest BCUT2D eigenvalue weighted by Gasteiger charge is 2.66. The molecule has 5 heteroatoms. The summed E-state index contributed by atoms with van der Waals surface area (Å²) in [6, 6.07) is 2.18. The summed E-state index contributed by atoms with van der Waals surface area (Å²) < 4.78 is 0. The van der Waals surface area contributed by atoms with Gasteiger partial charge in [0.1, 0.15) is 11.9 Å². The Labute approximate surface area is 223 Å². The second kappa shape index (κ2) is 8.52. The molecule has 1 unspecified atom stereocenters. The zero-order valence-corrected chi connectivity index (χ0v) is 24.3. The van der Waals surface area contributed by atoms with E-state index in [4.69, 9.17) is 0 Å². The van der Waals surface area contributed by atoms with Crippen molar-refractivity contribution in [2.45, 2.75) is 113 Å². The molecule has 37 heavy (non-hydrogen) atoms. The van der Waals surface area contributed by atoms with Crippen LogP contribution in [0.3, 0.4) is 0 Å². The summed E-state index contributed by atoms with van der Waals surface area (Å²) >= 11 is 0. The van der Waals surface area contributed by atoms with E-state index in [1.165, 1.54) is 0 Å². The van der Waals surface area contributed by atoms with Gasteiger partial charge in [-0.25, -0.2) is 0 Å². The molecular weight excluding hydrogens is 462 g/mol. The predicted molar refractivity (Wildman–Crippen MR) is 143 cm³/mol. The monoisotopic (exact) mass is 509 g/mol. The van der Waals surface area contributed by atoms with Crippen molar-refractivity contribution < 1.29 is 19.5 Å². The number of carbonyl (C=O) groups excluding carboxylic acids is 2. The SMILES string of the molecule is CC(=O)C[C@@H]1[C@@]2(C)C=C(C#N)C(=O)C(C)(C)[C@@H]2CC[C@@]1(C)[C@]1(C)CC[C@@]2(C(=O)O)CCC(C)(C)CC2C1. The van der Waals surface area contributed by atoms with Crippen LogP contribution in [0, 0.1) is 61.6 Å². The van der Waals surface area contributed by atoms with Crippen molar-refractivity contribution >= 4 is 17.5 Å². The van der Waals surface area contributed by atoms with Crippen LogP contribution in [0.4, 0.5) is 0 Å². The average molecular weight is 510 g/mol. The van der Waals surface area contributed by atoms with Gasteiger partial charge in [-0.2, -0.15) is 5.26 Å². The van der Waals surface area contributed by atoms with Crippen LogP contribution < -0.4 is 0 Å². The minimum Gasteiger partial charge on any atom is -0.481 e. The van der Waals surface area contributed by atoms with Crippen LogP contribution in [0.15, 0.2) is 11.6 Å². The summed E-state index contributed by atoms with van der Waals surface area (Å²) in [6.45, 7) is 17.0. The van der Waals surface area contributed by atoms with Crippen LogP contribution in [-0.4, -0.2) is 22.6 Å². The van der Waals surface area contributed by atoms with E-state index in [-0.39, 0.29) is 51.1 Å². The van der Waals surface area contributed by atoms with Crippen LogP contribution in [0.1, 0.15) is 113 Å². The number of allylic oxidation sites excluding steroid dienone is 2. The number of aliphatic carboxylic acids is 1. The Morgan fingerprint density at radius 3 is 2.19 bits per heavy atom. The van der Waals surface area contributed by atoms with Gasteiger partial charge in [-0.15, -0.1) is 0 Å². The number of nitrogens with zero attached hydrogens (tertiary/aromatic N) is 1. The third kappa shape index (κ3) is 3.95. The highest BCUT2D eigenvalue weighted by molar-refractivity contribution is 6.04. The van der Waals surface area contributed by atoms with E-state index in [9.17, 15) is 24.8 Å². The van der Waals surface area contributed by atoms with Crippen LogP contribution in [0.2, 0.25) is 0 Å². The fraction of sp³-hybridized carbons (Fsp3) is 0.812. The largest absolute Gasteiger partial charge is 0.481 e. The van der Waals surface area contributed by atoms with E-state index in [1.54, 1.807) is 6.92 Å². The lowest BCUT2D eigenvalue weighted by atomic mass is 9.36. The molecule has 0 aromatic heterocycles. The summed E-state index contributed by atoms with van der Waals surface area (Å²) in [5, 5.41) is 20.3. The van der Waals surface area contributed by atoms with E-state index in [0.29, 0.717) is 12.8 Å². The second-order valence-electron chi connectivity index (χ2n) is 15.3. The fourth-order valence-corrected chi connectivity index (χ4v) is 10.00. The van der Waals surface area contributed by atoms with Gasteiger partial charge >= 0.3 is 5.97 Å². The van der Waals surface area contributed by atoms with Crippen molar-refractivity contribution in [1.29, 1.82) is 5.26 Å². The number of hydrogen-bond donors (Lipinski definition) is 1. The van der Waals surface area contributed by atoms with Gasteiger partial charge < -0.3 is 9.90 Å². The lowest BCUT2D eigenvalue weighted by Gasteiger charge is -2.67. The molecule has 3 fully saturated rings. The summed E-state index contributed by atoms with van der Waals surface area (Å²) in [7, 11) is 0. The highest BCUT2D eigenvalue weighted by Crippen LogP contribution is 2.72. The van der Waals surface area contributed by atoms with E-state index in [2.05, 4.69) is 40.7 Å². The van der Waals surface area contributed by atoms with Gasteiger partial charge in [0.05, 0.1) is 11.0 Å². The molecule has 1 N–H and O–H groups in total. The van der Waals surface area contributed by atoms with E-state index >= 15 is 0 Å². The van der Waals surface area contributed by atoms with E-state index < -0.39 is 22.2 Å². The molecule has 4 aliphatic rings. The maximum absolute atomic E-state index is 13.2. The molecule has 3 saturated carbocycles. The van der Waals surface area contributed by atoms with Gasteiger partial charge in [-0.3, -0.25) is 9.59 Å². The molecule has 0 spiro atoms. The van der Waals surface area contributed by atoms with Gasteiger partial charge in [0.25, 0.3) is 0 Å². The third-order valence-electron chi connectivity index (χ3n) is 12.4. The molecule has 0 aliphatic heterocycles. The predicted octanol–water partition coefficient (Wildman–Crippen LogP) is 7.15. The molecule has 0 radical (unpaired) electrons. The summed E-state index contributed by atoms with van der Waals surface area (Å²) in [5.41, 5.74) is -1.76. The summed E-state index contributed by atoms with van der Waals surface area (Å²) in [5.74, 6) is -0.431. The maximum Gasteiger partial charge on any atom is 0.309 e. The Morgan fingerprint density at radius 1 is 1.00 bits per heavy atom. The number of nitriles is 1. The van der Waals surface area contributed by atoms with Crippen LogP contribution >= 0.6 is 0 Å². The molecule has 0 bridgehead atoms. The lowest BCUT2D eigenvalue weighted by Crippen LogP contribution is -2.62. The molecule has 0 aromatic carbocycles. The Bertz CT molecular complexity index is 1090. The molecule has 204 valence electrons. The Morgan fingerprint density at radius 2 is 1.62 bits per heavy atom. The Hall–Kier alpha value is -1.96. The first-order chi connectivity index (χ1) is 16.9. The molecule has 0 heterocycles. The summed E-state index contributed by atoms with van der Waals surface area (Å²) in [4.78, 5) is 38.7. The topological polar surface area (TPSA) is 95.2 Å². The van der Waals surface area contributed by atoms with Gasteiger partial charge in [0.15, 0.2) is 5.78 Å². The van der Waals surface area contributed by atoms with Crippen molar-refractivity contribution in [2.24, 2.45) is 50.2 Å². The fourth-order valence-electron chi connectivity index (χ4n) is 10.00. The zero-order chi connectivity index (χ0) is 27.8. The van der Waals surface area contributed by atoms with Crippen molar-refractivity contribution in [3.05, 3.63) is 11.6 Å². The van der Waals surface area contributed by atoms with Crippen molar-refractivity contribution in [3.63, 3.8) is 0 Å². The van der Waals surface area contributed by atoms with Gasteiger partial charge in [0, 0.05) is 11.8 Å². The first-order valence-corrected chi connectivity index (χ1v) is 14.3. The Kier molecular flexibility index (Phi) is 6.46. The molecule has 7 atom stereocenters. The quantitative estimate of drug-likeness (QED) is 0.434. The van der Waals surface area contributed by atoms with E-state index in [1.807, 2.05) is 19.9 Å². The highest BCUT2D eigenvalue weighted by atomic mass is 16.4. The number of hydrogen-bond acceptors (Lipinski definition) is 4. The number of carbonyl (C=O) groups is 3.